The number of hydrogen-bond acceptors (Lipinski definition) is 2. The van der Waals surface area contributed by atoms with Crippen LogP contribution < -0.4 is 0 Å². The molecule has 0 radical (unpaired) electrons. The fourth-order valence-corrected chi connectivity index (χ4v) is 2.02. The predicted molar refractivity (Wildman–Crippen MR) is 65.7 cm³/mol. The SMILES string of the molecule is CCSCc1cccc(CN(C)C)c1. The van der Waals surface area contributed by atoms with E-state index >= 15 is 0 Å². The normalized spacial score (nSPS) is 10.9. The molecule has 0 unspecified atom stereocenters. The fraction of sp³-hybridized carbons (Fsp3) is 0.500. The Hall–Kier alpha value is -0.470. The summed E-state index contributed by atoms with van der Waals surface area (Å²) in [7, 11) is 4.21. The summed E-state index contributed by atoms with van der Waals surface area (Å²) in [6.07, 6.45) is 0. The number of benzene rings is 1. The van der Waals surface area contributed by atoms with Crippen LogP contribution in [0, 0.1) is 0 Å². The molecule has 0 atom stereocenters. The third-order valence-electron chi connectivity index (χ3n) is 1.96. The Kier molecular flexibility index (Phi) is 5.05. The van der Waals surface area contributed by atoms with Crippen molar-refractivity contribution in [3.05, 3.63) is 35.4 Å². The van der Waals surface area contributed by atoms with Gasteiger partial charge in [0.15, 0.2) is 0 Å². The van der Waals surface area contributed by atoms with Gasteiger partial charge in [-0.25, -0.2) is 0 Å². The Morgan fingerprint density at radius 2 is 1.93 bits per heavy atom. The van der Waals surface area contributed by atoms with E-state index < -0.39 is 0 Å². The Balaban J connectivity index is 2.59. The molecule has 0 aliphatic rings. The van der Waals surface area contributed by atoms with E-state index in [2.05, 4.69) is 50.2 Å². The maximum absolute atomic E-state index is 2.31. The summed E-state index contributed by atoms with van der Waals surface area (Å²) < 4.78 is 0. The van der Waals surface area contributed by atoms with Crippen LogP contribution in [0.1, 0.15) is 18.1 Å². The van der Waals surface area contributed by atoms with Crippen LogP contribution in [-0.2, 0) is 12.3 Å². The minimum absolute atomic E-state index is 1.03. The van der Waals surface area contributed by atoms with Crippen LogP contribution in [-0.4, -0.2) is 24.7 Å². The number of nitrogens with zero attached hydrogens (tertiary/aromatic N) is 1. The molecular formula is C12H19NS. The van der Waals surface area contributed by atoms with E-state index in [0.717, 1.165) is 12.3 Å². The molecule has 2 heteroatoms. The van der Waals surface area contributed by atoms with Crippen molar-refractivity contribution in [2.45, 2.75) is 19.2 Å². The lowest BCUT2D eigenvalue weighted by atomic mass is 10.1. The summed E-state index contributed by atoms with van der Waals surface area (Å²) in [6, 6.07) is 8.87. The summed E-state index contributed by atoms with van der Waals surface area (Å²) in [5, 5.41) is 0. The highest BCUT2D eigenvalue weighted by atomic mass is 32.2. The minimum atomic E-state index is 1.03. The van der Waals surface area contributed by atoms with Crippen molar-refractivity contribution in [1.29, 1.82) is 0 Å². The smallest absolute Gasteiger partial charge is 0.0227 e. The van der Waals surface area contributed by atoms with Crippen molar-refractivity contribution in [2.24, 2.45) is 0 Å². The van der Waals surface area contributed by atoms with Gasteiger partial charge in [0, 0.05) is 12.3 Å². The molecule has 0 spiro atoms. The van der Waals surface area contributed by atoms with Crippen LogP contribution in [0.15, 0.2) is 24.3 Å². The zero-order valence-electron chi connectivity index (χ0n) is 9.29. The quantitative estimate of drug-likeness (QED) is 0.733. The number of rotatable bonds is 5. The molecule has 78 valence electrons. The Bertz CT molecular complexity index is 271. The van der Waals surface area contributed by atoms with Crippen LogP contribution in [0.5, 0.6) is 0 Å². The second-order valence-electron chi connectivity index (χ2n) is 3.69. The monoisotopic (exact) mass is 209 g/mol. The van der Waals surface area contributed by atoms with Gasteiger partial charge in [-0.1, -0.05) is 31.2 Å². The predicted octanol–water partition coefficient (Wildman–Crippen LogP) is 3.00. The Morgan fingerprint density at radius 1 is 1.21 bits per heavy atom. The third-order valence-corrected chi connectivity index (χ3v) is 2.91. The Labute approximate surface area is 91.5 Å². The summed E-state index contributed by atoms with van der Waals surface area (Å²) in [6.45, 7) is 3.24. The van der Waals surface area contributed by atoms with E-state index in [1.165, 1.54) is 16.9 Å². The molecule has 0 fully saturated rings. The average Bonchev–Trinajstić information content (AvgIpc) is 2.14. The maximum Gasteiger partial charge on any atom is 0.0227 e. The van der Waals surface area contributed by atoms with E-state index in [1.54, 1.807) is 0 Å². The molecule has 0 N–H and O–H groups in total. The van der Waals surface area contributed by atoms with Gasteiger partial charge in [-0.2, -0.15) is 11.8 Å². The van der Waals surface area contributed by atoms with Crippen LogP contribution >= 0.6 is 11.8 Å². The van der Waals surface area contributed by atoms with Crippen LogP contribution in [0.2, 0.25) is 0 Å². The van der Waals surface area contributed by atoms with E-state index in [9.17, 15) is 0 Å². The summed E-state index contributed by atoms with van der Waals surface area (Å²) in [5.41, 5.74) is 2.85. The van der Waals surface area contributed by atoms with Gasteiger partial charge >= 0.3 is 0 Å². The van der Waals surface area contributed by atoms with E-state index in [4.69, 9.17) is 0 Å². The molecule has 1 rings (SSSR count). The first-order chi connectivity index (χ1) is 6.72. The average molecular weight is 209 g/mol. The molecule has 0 saturated heterocycles. The fourth-order valence-electron chi connectivity index (χ4n) is 1.40. The first-order valence-corrected chi connectivity index (χ1v) is 6.18. The molecule has 14 heavy (non-hydrogen) atoms. The molecule has 0 aliphatic carbocycles. The molecule has 0 aliphatic heterocycles. The van der Waals surface area contributed by atoms with Gasteiger partial charge in [-0.05, 0) is 31.0 Å². The van der Waals surface area contributed by atoms with Crippen LogP contribution in [0.25, 0.3) is 0 Å². The second-order valence-corrected chi connectivity index (χ2v) is 4.97. The maximum atomic E-state index is 2.31. The van der Waals surface area contributed by atoms with E-state index in [-0.39, 0.29) is 0 Å². The molecule has 0 heterocycles. The van der Waals surface area contributed by atoms with E-state index in [0.29, 0.717) is 0 Å². The molecule has 1 aromatic rings. The van der Waals surface area contributed by atoms with Gasteiger partial charge in [-0.15, -0.1) is 0 Å². The molecule has 1 nitrogen and oxygen atoms in total. The largest absolute Gasteiger partial charge is 0.305 e. The molecule has 0 amide bonds. The van der Waals surface area contributed by atoms with Crippen molar-refractivity contribution < 1.29 is 0 Å². The zero-order valence-corrected chi connectivity index (χ0v) is 10.1. The van der Waals surface area contributed by atoms with Crippen molar-refractivity contribution >= 4 is 11.8 Å². The third kappa shape index (κ3) is 4.16. The summed E-state index contributed by atoms with van der Waals surface area (Å²) in [4.78, 5) is 2.20. The topological polar surface area (TPSA) is 3.24 Å². The van der Waals surface area contributed by atoms with Gasteiger partial charge in [0.05, 0.1) is 0 Å². The van der Waals surface area contributed by atoms with Gasteiger partial charge in [0.25, 0.3) is 0 Å². The number of thioether (sulfide) groups is 1. The van der Waals surface area contributed by atoms with Crippen LogP contribution in [0.3, 0.4) is 0 Å². The van der Waals surface area contributed by atoms with E-state index in [1.807, 2.05) is 11.8 Å². The summed E-state index contributed by atoms with van der Waals surface area (Å²) in [5.74, 6) is 2.33. The van der Waals surface area contributed by atoms with Crippen molar-refractivity contribution in [3.8, 4) is 0 Å². The lowest BCUT2D eigenvalue weighted by Crippen LogP contribution is -2.10. The van der Waals surface area contributed by atoms with Gasteiger partial charge in [0.1, 0.15) is 0 Å². The molecule has 1 aromatic carbocycles. The highest BCUT2D eigenvalue weighted by Gasteiger charge is 1.97. The van der Waals surface area contributed by atoms with Gasteiger partial charge in [0.2, 0.25) is 0 Å². The zero-order chi connectivity index (χ0) is 10.4. The van der Waals surface area contributed by atoms with Crippen molar-refractivity contribution in [1.82, 2.24) is 4.90 Å². The van der Waals surface area contributed by atoms with Gasteiger partial charge in [-0.3, -0.25) is 0 Å². The van der Waals surface area contributed by atoms with Crippen molar-refractivity contribution in [3.63, 3.8) is 0 Å². The second kappa shape index (κ2) is 6.10. The molecular weight excluding hydrogens is 190 g/mol. The van der Waals surface area contributed by atoms with Gasteiger partial charge < -0.3 is 4.90 Å². The minimum Gasteiger partial charge on any atom is -0.305 e. The number of hydrogen-bond donors (Lipinski definition) is 0. The lowest BCUT2D eigenvalue weighted by molar-refractivity contribution is 0.402. The molecule has 0 saturated carbocycles. The molecule has 0 bridgehead atoms. The standard InChI is InChI=1S/C12H19NS/c1-4-14-10-12-7-5-6-11(8-12)9-13(2)3/h5-8H,4,9-10H2,1-3H3. The first kappa shape index (κ1) is 11.6. The first-order valence-electron chi connectivity index (χ1n) is 5.02. The lowest BCUT2D eigenvalue weighted by Gasteiger charge is -2.10. The highest BCUT2D eigenvalue weighted by molar-refractivity contribution is 7.98. The van der Waals surface area contributed by atoms with Crippen LogP contribution in [0.4, 0.5) is 0 Å². The molecule has 0 aromatic heterocycles. The highest BCUT2D eigenvalue weighted by Crippen LogP contribution is 2.13. The van der Waals surface area contributed by atoms with Crippen molar-refractivity contribution in [2.75, 3.05) is 19.8 Å². The Morgan fingerprint density at radius 3 is 2.57 bits per heavy atom. The summed E-state index contributed by atoms with van der Waals surface area (Å²) >= 11 is 1.98.